The lowest BCUT2D eigenvalue weighted by Crippen LogP contribution is -2.24. The molecule has 3 rings (SSSR count). The summed E-state index contributed by atoms with van der Waals surface area (Å²) in [5.41, 5.74) is -0.430. The zero-order valence-electron chi connectivity index (χ0n) is 18.2. The van der Waals surface area contributed by atoms with Crippen molar-refractivity contribution in [3.63, 3.8) is 0 Å². The molecule has 1 aliphatic rings. The van der Waals surface area contributed by atoms with Gasteiger partial charge in [0.15, 0.2) is 5.09 Å². The third kappa shape index (κ3) is 6.63. The summed E-state index contributed by atoms with van der Waals surface area (Å²) in [6.07, 6.45) is 5.82. The Morgan fingerprint density at radius 2 is 2.06 bits per heavy atom. The number of amides is 1. The molecule has 1 aromatic heterocycles. The van der Waals surface area contributed by atoms with Crippen LogP contribution in [0.3, 0.4) is 0 Å². The number of aliphatic hydroxyl groups is 1. The number of carbonyl (C=O) groups excluding carboxylic acids is 1. The average molecular weight is 481 g/mol. The fourth-order valence-electron chi connectivity index (χ4n) is 3.00. The molecule has 2 aromatic rings. The van der Waals surface area contributed by atoms with Crippen molar-refractivity contribution in [1.29, 1.82) is 0 Å². The van der Waals surface area contributed by atoms with Crippen molar-refractivity contribution < 1.29 is 23.4 Å². The molecule has 0 spiro atoms. The number of halogens is 2. The summed E-state index contributed by atoms with van der Waals surface area (Å²) in [5.74, 6) is -1.95. The minimum absolute atomic E-state index is 0.0669. The van der Waals surface area contributed by atoms with Crippen molar-refractivity contribution in [1.82, 2.24) is 10.3 Å². The lowest BCUT2D eigenvalue weighted by molar-refractivity contribution is 0.0610. The Hall–Kier alpha value is -2.23. The smallest absolute Gasteiger partial charge is 0.275 e. The van der Waals surface area contributed by atoms with E-state index in [-0.39, 0.29) is 21.5 Å². The Morgan fingerprint density at radius 1 is 1.34 bits per heavy atom. The number of nitrogens with zero attached hydrogens (tertiary/aromatic N) is 1. The molecule has 1 atom stereocenters. The van der Waals surface area contributed by atoms with Crippen molar-refractivity contribution in [2.45, 2.75) is 50.9 Å². The monoisotopic (exact) mass is 480 g/mol. The Balaban J connectivity index is 1.75. The maximum absolute atomic E-state index is 14.0. The summed E-state index contributed by atoms with van der Waals surface area (Å²) in [7, 11) is 0. The van der Waals surface area contributed by atoms with Crippen LogP contribution in [0.1, 0.15) is 50.5 Å². The van der Waals surface area contributed by atoms with Gasteiger partial charge >= 0.3 is 0 Å². The quantitative estimate of drug-likeness (QED) is 0.479. The molecule has 2 N–H and O–H groups in total. The molecular formula is C23H26F2N2O3S2. The number of benzene rings is 1. The highest BCUT2D eigenvalue weighted by atomic mass is 32.2. The lowest BCUT2D eigenvalue weighted by atomic mass is 10.0. The molecule has 2 heterocycles. The van der Waals surface area contributed by atoms with Gasteiger partial charge in [-0.3, -0.25) is 4.79 Å². The maximum Gasteiger partial charge on any atom is 0.275 e. The van der Waals surface area contributed by atoms with Crippen molar-refractivity contribution in [3.05, 3.63) is 63.8 Å². The van der Waals surface area contributed by atoms with Crippen LogP contribution < -0.4 is 5.32 Å². The van der Waals surface area contributed by atoms with Crippen LogP contribution in [0.5, 0.6) is 0 Å². The number of allylic oxidation sites excluding steroid dienone is 2. The molecule has 9 heteroatoms. The van der Waals surface area contributed by atoms with E-state index < -0.39 is 23.1 Å². The first-order valence-corrected chi connectivity index (χ1v) is 12.0. The van der Waals surface area contributed by atoms with Crippen LogP contribution in [0.2, 0.25) is 0 Å². The SMILES string of the molecule is CC1CC=CC(NC(=O)c2csc(-c3c(F)cccc3F)n2)=C(OCCCC(C)(C)O)S1. The fourth-order valence-corrected chi connectivity index (χ4v) is 4.81. The number of hydrogen-bond acceptors (Lipinski definition) is 6. The molecule has 0 radical (unpaired) electrons. The van der Waals surface area contributed by atoms with E-state index >= 15 is 0 Å². The molecule has 0 fully saturated rings. The fraction of sp³-hybridized carbons (Fsp3) is 0.391. The zero-order valence-corrected chi connectivity index (χ0v) is 19.8. The lowest BCUT2D eigenvalue weighted by Gasteiger charge is -2.18. The van der Waals surface area contributed by atoms with Gasteiger partial charge in [-0.15, -0.1) is 11.3 Å². The van der Waals surface area contributed by atoms with Crippen molar-refractivity contribution in [2.24, 2.45) is 0 Å². The average Bonchev–Trinajstić information content (AvgIpc) is 3.11. The highest BCUT2D eigenvalue weighted by Gasteiger charge is 2.21. The summed E-state index contributed by atoms with van der Waals surface area (Å²) < 4.78 is 34.0. The van der Waals surface area contributed by atoms with Crippen molar-refractivity contribution in [2.75, 3.05) is 6.61 Å². The maximum atomic E-state index is 14.0. The predicted molar refractivity (Wildman–Crippen MR) is 124 cm³/mol. The molecule has 1 unspecified atom stereocenters. The van der Waals surface area contributed by atoms with E-state index in [0.29, 0.717) is 30.2 Å². The number of thiazole rings is 1. The highest BCUT2D eigenvalue weighted by molar-refractivity contribution is 8.03. The number of rotatable bonds is 8. The van der Waals surface area contributed by atoms with Crippen LogP contribution in [-0.2, 0) is 4.74 Å². The number of thioether (sulfide) groups is 1. The molecule has 5 nitrogen and oxygen atoms in total. The second kappa shape index (κ2) is 10.6. The molecule has 0 saturated carbocycles. The largest absolute Gasteiger partial charge is 0.485 e. The Kier molecular flexibility index (Phi) is 8.08. The third-order valence-electron chi connectivity index (χ3n) is 4.61. The molecule has 1 amide bonds. The van der Waals surface area contributed by atoms with E-state index in [9.17, 15) is 18.7 Å². The van der Waals surface area contributed by atoms with E-state index in [1.807, 2.05) is 6.08 Å². The molecule has 32 heavy (non-hydrogen) atoms. The van der Waals surface area contributed by atoms with Gasteiger partial charge in [0.05, 0.1) is 23.5 Å². The summed E-state index contributed by atoms with van der Waals surface area (Å²) in [6.45, 7) is 5.96. The normalized spacial score (nSPS) is 16.8. The van der Waals surface area contributed by atoms with Gasteiger partial charge < -0.3 is 15.2 Å². The topological polar surface area (TPSA) is 71.5 Å². The van der Waals surface area contributed by atoms with Crippen molar-refractivity contribution in [3.8, 4) is 10.6 Å². The molecule has 1 aromatic carbocycles. The van der Waals surface area contributed by atoms with E-state index in [2.05, 4.69) is 17.2 Å². The highest BCUT2D eigenvalue weighted by Crippen LogP contribution is 2.32. The Morgan fingerprint density at radius 3 is 2.75 bits per heavy atom. The van der Waals surface area contributed by atoms with Gasteiger partial charge in [0.25, 0.3) is 5.91 Å². The molecule has 0 bridgehead atoms. The van der Waals surface area contributed by atoms with E-state index in [1.54, 1.807) is 19.9 Å². The van der Waals surface area contributed by atoms with Crippen LogP contribution in [0.4, 0.5) is 8.78 Å². The molecule has 172 valence electrons. The Bertz CT molecular complexity index is 1010. The summed E-state index contributed by atoms with van der Waals surface area (Å²) in [6, 6.07) is 3.59. The van der Waals surface area contributed by atoms with Crippen LogP contribution in [-0.4, -0.2) is 33.5 Å². The van der Waals surface area contributed by atoms with Gasteiger partial charge in [-0.05, 0) is 51.3 Å². The van der Waals surface area contributed by atoms with E-state index in [1.165, 1.54) is 23.2 Å². The minimum Gasteiger partial charge on any atom is -0.485 e. The van der Waals surface area contributed by atoms with E-state index in [4.69, 9.17) is 4.74 Å². The molecule has 0 saturated heterocycles. The number of hydrogen-bond donors (Lipinski definition) is 2. The first-order chi connectivity index (χ1) is 15.1. The van der Waals surface area contributed by atoms with Crippen LogP contribution in [0.25, 0.3) is 10.6 Å². The standard InChI is InChI=1S/C23H26F2N2O3S2/c1-14-7-4-10-17(22(32-14)30-12-6-11-23(2,3)29)26-20(28)18-13-31-21(27-18)19-15(24)8-5-9-16(19)25/h4-5,8-10,13-14,29H,6-7,11-12H2,1-3H3,(H,26,28). The molecule has 0 aliphatic carbocycles. The van der Waals surface area contributed by atoms with E-state index in [0.717, 1.165) is 29.9 Å². The number of carbonyl (C=O) groups is 1. The summed E-state index contributed by atoms with van der Waals surface area (Å²) >= 11 is 2.52. The van der Waals surface area contributed by atoms with Gasteiger partial charge in [0, 0.05) is 10.6 Å². The van der Waals surface area contributed by atoms with Gasteiger partial charge in [0.1, 0.15) is 22.3 Å². The minimum atomic E-state index is -0.765. The number of nitrogens with one attached hydrogen (secondary N) is 1. The van der Waals surface area contributed by atoms with Gasteiger partial charge in [-0.1, -0.05) is 30.8 Å². The van der Waals surface area contributed by atoms with Gasteiger partial charge in [-0.2, -0.15) is 0 Å². The Labute approximate surface area is 194 Å². The number of aromatic nitrogens is 1. The van der Waals surface area contributed by atoms with Crippen LogP contribution in [0.15, 0.2) is 46.5 Å². The van der Waals surface area contributed by atoms with Crippen molar-refractivity contribution >= 4 is 29.0 Å². The zero-order chi connectivity index (χ0) is 23.3. The summed E-state index contributed by atoms with van der Waals surface area (Å²) in [5, 5.41) is 15.1. The molecular weight excluding hydrogens is 454 g/mol. The van der Waals surface area contributed by atoms with Crippen LogP contribution in [0, 0.1) is 11.6 Å². The van der Waals surface area contributed by atoms with Gasteiger partial charge in [-0.25, -0.2) is 13.8 Å². The second-order valence-electron chi connectivity index (χ2n) is 8.12. The molecule has 1 aliphatic heterocycles. The first-order valence-electron chi connectivity index (χ1n) is 10.3. The third-order valence-corrected chi connectivity index (χ3v) is 6.61. The summed E-state index contributed by atoms with van der Waals surface area (Å²) in [4.78, 5) is 16.9. The number of ether oxygens (including phenoxy) is 1. The van der Waals surface area contributed by atoms with Gasteiger partial charge in [0.2, 0.25) is 0 Å². The second-order valence-corrected chi connectivity index (χ2v) is 10.4. The van der Waals surface area contributed by atoms with Crippen LogP contribution >= 0.6 is 23.1 Å². The predicted octanol–water partition coefficient (Wildman–Crippen LogP) is 5.64. The first kappa shape index (κ1) is 24.4.